The molecule has 0 aromatic heterocycles. The third-order valence-corrected chi connectivity index (χ3v) is 2.31. The fourth-order valence-electron chi connectivity index (χ4n) is 1.36. The van der Waals surface area contributed by atoms with Gasteiger partial charge in [-0.3, -0.25) is 0 Å². The lowest BCUT2D eigenvalue weighted by atomic mass is 9.92. The van der Waals surface area contributed by atoms with Crippen LogP contribution < -0.4 is 0 Å². The summed E-state index contributed by atoms with van der Waals surface area (Å²) in [4.78, 5) is 0. The lowest BCUT2D eigenvalue weighted by Crippen LogP contribution is -2.42. The molecule has 0 aromatic rings. The summed E-state index contributed by atoms with van der Waals surface area (Å²) in [5, 5.41) is 8.84. The highest BCUT2D eigenvalue weighted by Gasteiger charge is 2.30. The highest BCUT2D eigenvalue weighted by atomic mass is 16.5. The fraction of sp³-hybridized carbons (Fsp3) is 1.00. The van der Waals surface area contributed by atoms with Crippen LogP contribution in [0.5, 0.6) is 0 Å². The molecule has 0 aliphatic carbocycles. The molecular weight excluding hydrogens is 140 g/mol. The molecule has 66 valence electrons. The molecule has 1 fully saturated rings. The van der Waals surface area contributed by atoms with Crippen LogP contribution in [0.4, 0.5) is 0 Å². The van der Waals surface area contributed by atoms with Gasteiger partial charge in [0.25, 0.3) is 0 Å². The van der Waals surface area contributed by atoms with Crippen molar-refractivity contribution < 1.29 is 9.84 Å². The van der Waals surface area contributed by atoms with E-state index in [4.69, 9.17) is 9.84 Å². The van der Waals surface area contributed by atoms with Crippen LogP contribution in [0.1, 0.15) is 26.7 Å². The predicted octanol–water partition coefficient (Wildman–Crippen LogP) is 1.43. The van der Waals surface area contributed by atoms with Crippen molar-refractivity contribution in [3.8, 4) is 0 Å². The standard InChI is InChI=1S/C9H18O2/c1-7(2)3-4-9-8(5-10)6-11-9/h7-10H,3-6H2,1-2H3. The third-order valence-electron chi connectivity index (χ3n) is 2.31. The van der Waals surface area contributed by atoms with Crippen LogP contribution >= 0.6 is 0 Å². The van der Waals surface area contributed by atoms with Gasteiger partial charge in [-0.1, -0.05) is 13.8 Å². The van der Waals surface area contributed by atoms with E-state index in [-0.39, 0.29) is 0 Å². The van der Waals surface area contributed by atoms with Gasteiger partial charge in [0.15, 0.2) is 0 Å². The molecule has 11 heavy (non-hydrogen) atoms. The number of aliphatic hydroxyl groups is 1. The predicted molar refractivity (Wildman–Crippen MR) is 44.4 cm³/mol. The summed E-state index contributed by atoms with van der Waals surface area (Å²) >= 11 is 0. The van der Waals surface area contributed by atoms with E-state index in [0.29, 0.717) is 18.6 Å². The smallest absolute Gasteiger partial charge is 0.0647 e. The average molecular weight is 158 g/mol. The minimum absolute atomic E-state index is 0.294. The SMILES string of the molecule is CC(C)CCC1OCC1CO. The largest absolute Gasteiger partial charge is 0.396 e. The minimum atomic E-state index is 0.294. The molecule has 1 aliphatic heterocycles. The van der Waals surface area contributed by atoms with Crippen LogP contribution in [-0.2, 0) is 4.74 Å². The summed E-state index contributed by atoms with van der Waals surface area (Å²) in [5.41, 5.74) is 0. The second kappa shape index (κ2) is 4.07. The topological polar surface area (TPSA) is 29.5 Å². The second-order valence-corrected chi connectivity index (χ2v) is 3.79. The van der Waals surface area contributed by atoms with Gasteiger partial charge in [-0.15, -0.1) is 0 Å². The zero-order valence-corrected chi connectivity index (χ0v) is 7.42. The van der Waals surface area contributed by atoms with E-state index in [1.54, 1.807) is 0 Å². The van der Waals surface area contributed by atoms with Crippen LogP contribution in [-0.4, -0.2) is 24.4 Å². The average Bonchev–Trinajstić information content (AvgIpc) is 1.86. The van der Waals surface area contributed by atoms with Crippen molar-refractivity contribution >= 4 is 0 Å². The Morgan fingerprint density at radius 1 is 1.55 bits per heavy atom. The lowest BCUT2D eigenvalue weighted by Gasteiger charge is -2.36. The Morgan fingerprint density at radius 2 is 2.27 bits per heavy atom. The maximum absolute atomic E-state index is 8.84. The lowest BCUT2D eigenvalue weighted by molar-refractivity contribution is -0.135. The van der Waals surface area contributed by atoms with E-state index in [0.717, 1.165) is 18.9 Å². The summed E-state index contributed by atoms with van der Waals surface area (Å²) in [7, 11) is 0. The summed E-state index contributed by atoms with van der Waals surface area (Å²) in [5.74, 6) is 1.17. The van der Waals surface area contributed by atoms with Gasteiger partial charge in [-0.05, 0) is 18.8 Å². The quantitative estimate of drug-likeness (QED) is 0.670. The first-order valence-corrected chi connectivity index (χ1v) is 4.46. The van der Waals surface area contributed by atoms with Crippen molar-refractivity contribution in [2.75, 3.05) is 13.2 Å². The molecule has 1 rings (SSSR count). The Balaban J connectivity index is 2.07. The Kier molecular flexibility index (Phi) is 3.34. The molecule has 2 atom stereocenters. The first-order chi connectivity index (χ1) is 5.24. The van der Waals surface area contributed by atoms with Gasteiger partial charge >= 0.3 is 0 Å². The summed E-state index contributed by atoms with van der Waals surface area (Å²) in [6.07, 6.45) is 2.67. The normalized spacial score (nSPS) is 30.5. The van der Waals surface area contributed by atoms with Crippen molar-refractivity contribution in [2.45, 2.75) is 32.8 Å². The molecule has 1 N–H and O–H groups in total. The highest BCUT2D eigenvalue weighted by Crippen LogP contribution is 2.25. The second-order valence-electron chi connectivity index (χ2n) is 3.79. The first kappa shape index (κ1) is 9.01. The van der Waals surface area contributed by atoms with E-state index in [1.165, 1.54) is 6.42 Å². The van der Waals surface area contributed by atoms with Gasteiger partial charge in [0.1, 0.15) is 0 Å². The van der Waals surface area contributed by atoms with E-state index in [9.17, 15) is 0 Å². The number of aliphatic hydroxyl groups excluding tert-OH is 1. The van der Waals surface area contributed by atoms with Gasteiger partial charge in [0.05, 0.1) is 19.3 Å². The van der Waals surface area contributed by atoms with Crippen molar-refractivity contribution in [2.24, 2.45) is 11.8 Å². The zero-order valence-electron chi connectivity index (χ0n) is 7.42. The molecule has 0 saturated carbocycles. The molecule has 0 aromatic carbocycles. The van der Waals surface area contributed by atoms with E-state index < -0.39 is 0 Å². The van der Waals surface area contributed by atoms with Crippen molar-refractivity contribution in [3.63, 3.8) is 0 Å². The Labute approximate surface area is 68.6 Å². The molecule has 2 heteroatoms. The van der Waals surface area contributed by atoms with Crippen molar-refractivity contribution in [3.05, 3.63) is 0 Å². The highest BCUT2D eigenvalue weighted by molar-refractivity contribution is 4.78. The van der Waals surface area contributed by atoms with Gasteiger partial charge in [-0.25, -0.2) is 0 Å². The molecule has 2 unspecified atom stereocenters. The first-order valence-electron chi connectivity index (χ1n) is 4.46. The maximum atomic E-state index is 8.84. The zero-order chi connectivity index (χ0) is 8.27. The van der Waals surface area contributed by atoms with Crippen LogP contribution in [0, 0.1) is 11.8 Å². The Hall–Kier alpha value is -0.0800. The Bertz CT molecular complexity index is 110. The van der Waals surface area contributed by atoms with Crippen LogP contribution in [0.3, 0.4) is 0 Å². The van der Waals surface area contributed by atoms with Crippen LogP contribution in [0.15, 0.2) is 0 Å². The molecule has 1 heterocycles. The van der Waals surface area contributed by atoms with Gasteiger partial charge < -0.3 is 9.84 Å². The molecular formula is C9H18O2. The summed E-state index contributed by atoms with van der Waals surface area (Å²) in [6.45, 7) is 5.49. The third kappa shape index (κ3) is 2.46. The number of ether oxygens (including phenoxy) is 1. The number of hydrogen-bond acceptors (Lipinski definition) is 2. The van der Waals surface area contributed by atoms with Gasteiger partial charge in [-0.2, -0.15) is 0 Å². The van der Waals surface area contributed by atoms with E-state index in [2.05, 4.69) is 13.8 Å². The van der Waals surface area contributed by atoms with E-state index >= 15 is 0 Å². The number of rotatable bonds is 4. The maximum Gasteiger partial charge on any atom is 0.0647 e. The number of hydrogen-bond donors (Lipinski definition) is 1. The molecule has 0 amide bonds. The fourth-order valence-corrected chi connectivity index (χ4v) is 1.36. The monoisotopic (exact) mass is 158 g/mol. The molecule has 1 aliphatic rings. The molecule has 2 nitrogen and oxygen atoms in total. The van der Waals surface area contributed by atoms with Crippen LogP contribution in [0.25, 0.3) is 0 Å². The van der Waals surface area contributed by atoms with Crippen molar-refractivity contribution in [1.29, 1.82) is 0 Å². The van der Waals surface area contributed by atoms with Crippen molar-refractivity contribution in [1.82, 2.24) is 0 Å². The van der Waals surface area contributed by atoms with Gasteiger partial charge in [0.2, 0.25) is 0 Å². The summed E-state index contributed by atoms with van der Waals surface area (Å²) < 4.78 is 5.32. The summed E-state index contributed by atoms with van der Waals surface area (Å²) in [6, 6.07) is 0. The molecule has 0 spiro atoms. The Morgan fingerprint density at radius 3 is 2.64 bits per heavy atom. The molecule has 0 bridgehead atoms. The molecule has 1 saturated heterocycles. The van der Waals surface area contributed by atoms with Crippen LogP contribution in [0.2, 0.25) is 0 Å². The molecule has 0 radical (unpaired) electrons. The van der Waals surface area contributed by atoms with Gasteiger partial charge in [0, 0.05) is 5.92 Å². The van der Waals surface area contributed by atoms with E-state index in [1.807, 2.05) is 0 Å². The minimum Gasteiger partial charge on any atom is -0.396 e.